The molecule has 206 valence electrons. The van der Waals surface area contributed by atoms with Crippen molar-refractivity contribution in [1.82, 2.24) is 19.9 Å². The summed E-state index contributed by atoms with van der Waals surface area (Å²) in [7, 11) is 0. The number of nitrogens with one attached hydrogen (secondary N) is 1. The first-order valence-electron chi connectivity index (χ1n) is 12.2. The maximum Gasteiger partial charge on any atom is 0.417 e. The van der Waals surface area contributed by atoms with Crippen LogP contribution in [0.25, 0.3) is 22.8 Å². The summed E-state index contributed by atoms with van der Waals surface area (Å²) in [6.07, 6.45) is -3.18. The standard InChI is InChI=1S/C31H21F3N4O2.ClH/c1-20-7-2-3-8-22(20)15-12-21-13-16-23(17-14-21)28-36-29(38-30(39)37-28)27-25(31(32,33)34)10-6-11-26(27)40-19-24-9-4-5-18-35-24;/h2-11,13-14,16-18H,19H2,1H3,(H,36,37,38,39);1H. The van der Waals surface area contributed by atoms with Gasteiger partial charge in [0.2, 0.25) is 0 Å². The fourth-order valence-corrected chi connectivity index (χ4v) is 3.95. The van der Waals surface area contributed by atoms with E-state index in [4.69, 9.17) is 4.74 Å². The predicted octanol–water partition coefficient (Wildman–Crippen LogP) is 6.62. The molecular formula is C31H22ClF3N4O2. The lowest BCUT2D eigenvalue weighted by Crippen LogP contribution is -2.17. The van der Waals surface area contributed by atoms with E-state index in [0.717, 1.165) is 17.2 Å². The quantitative estimate of drug-likeness (QED) is 0.239. The lowest BCUT2D eigenvalue weighted by Gasteiger charge is -2.17. The smallest absolute Gasteiger partial charge is 0.417 e. The zero-order valence-electron chi connectivity index (χ0n) is 21.6. The zero-order chi connectivity index (χ0) is 28.1. The second-order valence-electron chi connectivity index (χ2n) is 8.75. The van der Waals surface area contributed by atoms with Crippen LogP contribution in [0.2, 0.25) is 0 Å². The second-order valence-corrected chi connectivity index (χ2v) is 8.75. The number of aryl methyl sites for hydroxylation is 1. The van der Waals surface area contributed by atoms with Crippen LogP contribution in [0.4, 0.5) is 13.2 Å². The van der Waals surface area contributed by atoms with Gasteiger partial charge in [0.25, 0.3) is 0 Å². The number of aromatic amines is 1. The summed E-state index contributed by atoms with van der Waals surface area (Å²) in [5.74, 6) is 5.74. The highest BCUT2D eigenvalue weighted by Gasteiger charge is 2.36. The van der Waals surface area contributed by atoms with Gasteiger partial charge in [0.15, 0.2) is 5.82 Å². The molecule has 0 aliphatic heterocycles. The van der Waals surface area contributed by atoms with Crippen molar-refractivity contribution in [2.45, 2.75) is 19.7 Å². The van der Waals surface area contributed by atoms with E-state index in [0.29, 0.717) is 16.8 Å². The molecule has 5 aromatic rings. The Bertz CT molecular complexity index is 1780. The molecular weight excluding hydrogens is 553 g/mol. The minimum atomic E-state index is -4.74. The van der Waals surface area contributed by atoms with Crippen molar-refractivity contribution in [2.75, 3.05) is 0 Å². The summed E-state index contributed by atoms with van der Waals surface area (Å²) >= 11 is 0. The number of benzene rings is 3. The van der Waals surface area contributed by atoms with Gasteiger partial charge < -0.3 is 4.74 Å². The van der Waals surface area contributed by atoms with Gasteiger partial charge in [-0.2, -0.15) is 18.2 Å². The summed E-state index contributed by atoms with van der Waals surface area (Å²) in [5, 5.41) is 0. The normalized spacial score (nSPS) is 10.7. The van der Waals surface area contributed by atoms with Gasteiger partial charge in [-0.1, -0.05) is 42.2 Å². The van der Waals surface area contributed by atoms with Gasteiger partial charge in [0, 0.05) is 22.9 Å². The Balaban J connectivity index is 0.00000387. The Labute approximate surface area is 239 Å². The lowest BCUT2D eigenvalue weighted by molar-refractivity contribution is -0.137. The van der Waals surface area contributed by atoms with Gasteiger partial charge in [-0.15, -0.1) is 12.4 Å². The molecule has 5 rings (SSSR count). The van der Waals surface area contributed by atoms with Gasteiger partial charge >= 0.3 is 11.9 Å². The summed E-state index contributed by atoms with van der Waals surface area (Å²) in [5.41, 5.74) is 1.38. The third-order valence-electron chi connectivity index (χ3n) is 5.95. The first-order chi connectivity index (χ1) is 19.3. The minimum Gasteiger partial charge on any atom is -0.487 e. The largest absolute Gasteiger partial charge is 0.487 e. The molecule has 0 radical (unpaired) electrons. The molecule has 0 bridgehead atoms. The molecule has 0 amide bonds. The van der Waals surface area contributed by atoms with Gasteiger partial charge in [0.1, 0.15) is 18.2 Å². The van der Waals surface area contributed by atoms with E-state index in [1.165, 1.54) is 12.1 Å². The number of nitrogens with zero attached hydrogens (tertiary/aromatic N) is 3. The highest BCUT2D eigenvalue weighted by Crippen LogP contribution is 2.41. The number of hydrogen-bond acceptors (Lipinski definition) is 5. The van der Waals surface area contributed by atoms with Crippen LogP contribution in [-0.4, -0.2) is 19.9 Å². The van der Waals surface area contributed by atoms with Crippen molar-refractivity contribution in [2.24, 2.45) is 0 Å². The van der Waals surface area contributed by atoms with E-state index in [1.807, 2.05) is 31.2 Å². The van der Waals surface area contributed by atoms with Gasteiger partial charge in [0.05, 0.1) is 16.8 Å². The topological polar surface area (TPSA) is 80.8 Å². The van der Waals surface area contributed by atoms with Crippen molar-refractivity contribution in [1.29, 1.82) is 0 Å². The number of pyridine rings is 1. The molecule has 0 unspecified atom stereocenters. The van der Waals surface area contributed by atoms with Crippen LogP contribution in [0, 0.1) is 18.8 Å². The first kappa shape index (κ1) is 29.1. The van der Waals surface area contributed by atoms with E-state index in [-0.39, 0.29) is 36.4 Å². The number of alkyl halides is 3. The molecule has 0 atom stereocenters. The zero-order valence-corrected chi connectivity index (χ0v) is 22.4. The van der Waals surface area contributed by atoms with E-state index in [2.05, 4.69) is 31.8 Å². The maximum atomic E-state index is 14.0. The number of hydrogen-bond donors (Lipinski definition) is 1. The number of ether oxygens (including phenoxy) is 1. The molecule has 2 heterocycles. The Morgan fingerprint density at radius 2 is 1.63 bits per heavy atom. The molecule has 0 aliphatic rings. The molecule has 0 fully saturated rings. The van der Waals surface area contributed by atoms with Crippen molar-refractivity contribution < 1.29 is 17.9 Å². The molecule has 1 N–H and O–H groups in total. The molecule has 0 saturated carbocycles. The number of aromatic nitrogens is 4. The lowest BCUT2D eigenvalue weighted by atomic mass is 10.0. The molecule has 10 heteroatoms. The fourth-order valence-electron chi connectivity index (χ4n) is 3.95. The monoisotopic (exact) mass is 574 g/mol. The molecule has 41 heavy (non-hydrogen) atoms. The Kier molecular flexibility index (Phi) is 8.85. The van der Waals surface area contributed by atoms with Crippen molar-refractivity contribution in [3.63, 3.8) is 0 Å². The molecule has 2 aromatic heterocycles. The third-order valence-corrected chi connectivity index (χ3v) is 5.95. The molecule has 0 spiro atoms. The molecule has 0 aliphatic carbocycles. The Hall–Kier alpha value is -4.94. The highest BCUT2D eigenvalue weighted by atomic mass is 35.5. The van der Waals surface area contributed by atoms with Crippen molar-refractivity contribution in [3.05, 3.63) is 130 Å². The van der Waals surface area contributed by atoms with E-state index < -0.39 is 23.0 Å². The average Bonchev–Trinajstić information content (AvgIpc) is 2.95. The van der Waals surface area contributed by atoms with Crippen molar-refractivity contribution >= 4 is 12.4 Å². The van der Waals surface area contributed by atoms with E-state index in [1.54, 1.807) is 48.7 Å². The number of rotatable bonds is 5. The van der Waals surface area contributed by atoms with Crippen LogP contribution < -0.4 is 10.4 Å². The van der Waals surface area contributed by atoms with Crippen LogP contribution in [0.3, 0.4) is 0 Å². The third kappa shape index (κ3) is 6.99. The summed E-state index contributed by atoms with van der Waals surface area (Å²) < 4.78 is 47.9. The molecule has 6 nitrogen and oxygen atoms in total. The number of halogens is 4. The SMILES string of the molecule is Cc1ccccc1C#Cc1ccc(-c2nc(-c3c(OCc4ccccn4)cccc3C(F)(F)F)[nH]c(=O)n2)cc1.Cl. The van der Waals surface area contributed by atoms with Crippen LogP contribution in [-0.2, 0) is 12.8 Å². The van der Waals surface area contributed by atoms with E-state index >= 15 is 0 Å². The number of H-pyrrole nitrogens is 1. The molecule has 3 aromatic carbocycles. The maximum absolute atomic E-state index is 14.0. The summed E-state index contributed by atoms with van der Waals surface area (Å²) in [6, 6.07) is 23.2. The van der Waals surface area contributed by atoms with Crippen molar-refractivity contribution in [3.8, 4) is 40.4 Å². The Morgan fingerprint density at radius 3 is 2.34 bits per heavy atom. The van der Waals surface area contributed by atoms with Crippen LogP contribution >= 0.6 is 12.4 Å². The molecule has 0 saturated heterocycles. The first-order valence-corrected chi connectivity index (χ1v) is 12.2. The summed E-state index contributed by atoms with van der Waals surface area (Å²) in [4.78, 5) is 27.2. The Morgan fingerprint density at radius 1 is 0.878 bits per heavy atom. The van der Waals surface area contributed by atoms with Crippen LogP contribution in [0.1, 0.15) is 27.9 Å². The van der Waals surface area contributed by atoms with Crippen LogP contribution in [0.5, 0.6) is 5.75 Å². The van der Waals surface area contributed by atoms with Gasteiger partial charge in [-0.3, -0.25) is 9.97 Å². The van der Waals surface area contributed by atoms with E-state index in [9.17, 15) is 18.0 Å². The van der Waals surface area contributed by atoms with Crippen LogP contribution in [0.15, 0.2) is 95.9 Å². The van der Waals surface area contributed by atoms with Gasteiger partial charge in [-0.25, -0.2) is 9.78 Å². The minimum absolute atomic E-state index is 0. The highest BCUT2D eigenvalue weighted by molar-refractivity contribution is 5.85. The fraction of sp³-hybridized carbons (Fsp3) is 0.0968. The summed E-state index contributed by atoms with van der Waals surface area (Å²) in [6.45, 7) is 1.89. The average molecular weight is 575 g/mol. The predicted molar refractivity (Wildman–Crippen MR) is 152 cm³/mol. The second kappa shape index (κ2) is 12.5. The van der Waals surface area contributed by atoms with Gasteiger partial charge in [-0.05, 0) is 67.1 Å².